The van der Waals surface area contributed by atoms with Gasteiger partial charge in [-0.3, -0.25) is 0 Å². The second-order valence-electron chi connectivity index (χ2n) is 4.39. The molecular formula is C15H14ClF2NO. The van der Waals surface area contributed by atoms with Crippen LogP contribution in [0.25, 0.3) is 0 Å². The van der Waals surface area contributed by atoms with Gasteiger partial charge in [-0.05, 0) is 41.8 Å². The molecule has 2 rings (SSSR count). The van der Waals surface area contributed by atoms with E-state index in [4.69, 9.17) is 17.3 Å². The number of hydrogen-bond acceptors (Lipinski definition) is 2. The molecule has 0 saturated carbocycles. The van der Waals surface area contributed by atoms with Crippen molar-refractivity contribution in [3.63, 3.8) is 0 Å². The number of benzene rings is 2. The fourth-order valence-corrected chi connectivity index (χ4v) is 2.15. The Balaban J connectivity index is 2.03. The molecule has 0 saturated heterocycles. The van der Waals surface area contributed by atoms with E-state index in [0.29, 0.717) is 11.4 Å². The normalized spacial score (nSPS) is 12.4. The van der Waals surface area contributed by atoms with E-state index < -0.39 is 6.61 Å². The largest absolute Gasteiger partial charge is 0.435 e. The highest BCUT2D eigenvalue weighted by Gasteiger charge is 2.09. The molecule has 0 heterocycles. The van der Waals surface area contributed by atoms with Gasteiger partial charge in [0.05, 0.1) is 0 Å². The molecule has 0 amide bonds. The van der Waals surface area contributed by atoms with Gasteiger partial charge in [0.25, 0.3) is 0 Å². The van der Waals surface area contributed by atoms with Gasteiger partial charge in [0.15, 0.2) is 0 Å². The van der Waals surface area contributed by atoms with Crippen LogP contribution in [-0.4, -0.2) is 6.61 Å². The van der Waals surface area contributed by atoms with Crippen LogP contribution in [0, 0.1) is 0 Å². The Kier molecular flexibility index (Phi) is 4.93. The first-order chi connectivity index (χ1) is 9.54. The Bertz CT molecular complexity index is 560. The number of halogens is 3. The third kappa shape index (κ3) is 4.18. The van der Waals surface area contributed by atoms with Crippen LogP contribution in [-0.2, 0) is 6.42 Å². The Morgan fingerprint density at radius 2 is 1.80 bits per heavy atom. The molecule has 0 radical (unpaired) electrons. The van der Waals surface area contributed by atoms with Gasteiger partial charge in [-0.15, -0.1) is 0 Å². The lowest BCUT2D eigenvalue weighted by molar-refractivity contribution is -0.0498. The third-order valence-corrected chi connectivity index (χ3v) is 3.11. The Hall–Kier alpha value is -1.65. The van der Waals surface area contributed by atoms with Crippen molar-refractivity contribution >= 4 is 11.6 Å². The van der Waals surface area contributed by atoms with Crippen LogP contribution in [0.1, 0.15) is 17.2 Å². The number of alkyl halides is 2. The minimum Gasteiger partial charge on any atom is -0.435 e. The van der Waals surface area contributed by atoms with E-state index in [9.17, 15) is 8.78 Å². The van der Waals surface area contributed by atoms with Crippen molar-refractivity contribution in [3.05, 3.63) is 64.7 Å². The molecule has 0 aromatic heterocycles. The summed E-state index contributed by atoms with van der Waals surface area (Å²) in [6.07, 6.45) is 0.621. The smallest absolute Gasteiger partial charge is 0.387 e. The molecule has 20 heavy (non-hydrogen) atoms. The predicted octanol–water partition coefficient (Wildman–Crippen LogP) is 4.18. The first-order valence-electron chi connectivity index (χ1n) is 6.09. The molecule has 0 bridgehead atoms. The standard InChI is InChI=1S/C15H14ClF2NO/c16-12-3-1-2-10(8-12)9-14(19)11-4-6-13(7-5-11)20-15(17)18/h1-8,14-15H,9,19H2. The molecule has 1 unspecified atom stereocenters. The van der Waals surface area contributed by atoms with Crippen LogP contribution >= 0.6 is 11.6 Å². The van der Waals surface area contributed by atoms with Gasteiger partial charge in [0.1, 0.15) is 5.75 Å². The van der Waals surface area contributed by atoms with E-state index in [0.717, 1.165) is 11.1 Å². The van der Waals surface area contributed by atoms with Crippen molar-refractivity contribution in [2.75, 3.05) is 0 Å². The molecule has 106 valence electrons. The lowest BCUT2D eigenvalue weighted by Gasteiger charge is -2.13. The monoisotopic (exact) mass is 297 g/mol. The zero-order chi connectivity index (χ0) is 14.5. The topological polar surface area (TPSA) is 35.2 Å². The number of ether oxygens (including phenoxy) is 1. The van der Waals surface area contributed by atoms with Gasteiger partial charge in [-0.2, -0.15) is 8.78 Å². The fraction of sp³-hybridized carbons (Fsp3) is 0.200. The van der Waals surface area contributed by atoms with Crippen LogP contribution < -0.4 is 10.5 Å². The van der Waals surface area contributed by atoms with Crippen LogP contribution in [0.2, 0.25) is 5.02 Å². The zero-order valence-electron chi connectivity index (χ0n) is 10.6. The van der Waals surface area contributed by atoms with E-state index in [2.05, 4.69) is 4.74 Å². The van der Waals surface area contributed by atoms with Crippen LogP contribution in [0.3, 0.4) is 0 Å². The molecule has 0 aliphatic rings. The summed E-state index contributed by atoms with van der Waals surface area (Å²) in [6, 6.07) is 13.6. The summed E-state index contributed by atoms with van der Waals surface area (Å²) in [5, 5.41) is 0.662. The maximum absolute atomic E-state index is 12.0. The molecule has 2 aromatic carbocycles. The summed E-state index contributed by atoms with van der Waals surface area (Å²) in [4.78, 5) is 0. The number of rotatable bonds is 5. The Morgan fingerprint density at radius 1 is 1.10 bits per heavy atom. The summed E-state index contributed by atoms with van der Waals surface area (Å²) < 4.78 is 28.4. The molecule has 2 aromatic rings. The molecule has 2 N–H and O–H groups in total. The highest BCUT2D eigenvalue weighted by molar-refractivity contribution is 6.30. The van der Waals surface area contributed by atoms with Gasteiger partial charge in [-0.1, -0.05) is 35.9 Å². The third-order valence-electron chi connectivity index (χ3n) is 2.88. The van der Waals surface area contributed by atoms with E-state index >= 15 is 0 Å². The predicted molar refractivity (Wildman–Crippen MR) is 75.2 cm³/mol. The van der Waals surface area contributed by atoms with Crippen molar-refractivity contribution in [1.82, 2.24) is 0 Å². The molecular weight excluding hydrogens is 284 g/mol. The summed E-state index contributed by atoms with van der Waals surface area (Å²) in [6.45, 7) is -2.82. The lowest BCUT2D eigenvalue weighted by atomic mass is 10.00. The summed E-state index contributed by atoms with van der Waals surface area (Å²) >= 11 is 5.92. The highest BCUT2D eigenvalue weighted by atomic mass is 35.5. The van der Waals surface area contributed by atoms with Gasteiger partial charge < -0.3 is 10.5 Å². The van der Waals surface area contributed by atoms with E-state index in [1.807, 2.05) is 18.2 Å². The van der Waals surface area contributed by atoms with E-state index in [1.165, 1.54) is 12.1 Å². The zero-order valence-corrected chi connectivity index (χ0v) is 11.4. The van der Waals surface area contributed by atoms with Crippen LogP contribution in [0.4, 0.5) is 8.78 Å². The summed E-state index contributed by atoms with van der Waals surface area (Å²) in [5.74, 6) is 0.124. The van der Waals surface area contributed by atoms with E-state index in [-0.39, 0.29) is 11.8 Å². The van der Waals surface area contributed by atoms with Crippen LogP contribution in [0.15, 0.2) is 48.5 Å². The van der Waals surface area contributed by atoms with Crippen molar-refractivity contribution in [1.29, 1.82) is 0 Å². The van der Waals surface area contributed by atoms with E-state index in [1.54, 1.807) is 18.2 Å². The maximum Gasteiger partial charge on any atom is 0.387 e. The quantitative estimate of drug-likeness (QED) is 0.898. The number of nitrogens with two attached hydrogens (primary N) is 1. The average molecular weight is 298 g/mol. The Labute approximate surface area is 121 Å². The van der Waals surface area contributed by atoms with Gasteiger partial charge in [0, 0.05) is 11.1 Å². The molecule has 5 heteroatoms. The number of hydrogen-bond donors (Lipinski definition) is 1. The van der Waals surface area contributed by atoms with Gasteiger partial charge in [-0.25, -0.2) is 0 Å². The minimum absolute atomic E-state index is 0.124. The second kappa shape index (κ2) is 6.68. The van der Waals surface area contributed by atoms with Crippen molar-refractivity contribution < 1.29 is 13.5 Å². The SMILES string of the molecule is NC(Cc1cccc(Cl)c1)c1ccc(OC(F)F)cc1. The molecule has 2 nitrogen and oxygen atoms in total. The summed E-state index contributed by atoms with van der Waals surface area (Å²) in [7, 11) is 0. The van der Waals surface area contributed by atoms with Crippen molar-refractivity contribution in [2.45, 2.75) is 19.1 Å². The molecule has 1 atom stereocenters. The molecule has 0 aliphatic carbocycles. The van der Waals surface area contributed by atoms with Crippen molar-refractivity contribution in [2.24, 2.45) is 5.73 Å². The Morgan fingerprint density at radius 3 is 2.40 bits per heavy atom. The fourth-order valence-electron chi connectivity index (χ4n) is 1.93. The summed E-state index contributed by atoms with van der Waals surface area (Å²) in [5.41, 5.74) is 7.98. The van der Waals surface area contributed by atoms with Crippen molar-refractivity contribution in [3.8, 4) is 5.75 Å². The van der Waals surface area contributed by atoms with Gasteiger partial charge >= 0.3 is 6.61 Å². The first kappa shape index (κ1) is 14.8. The minimum atomic E-state index is -2.82. The molecule has 0 fully saturated rings. The first-order valence-corrected chi connectivity index (χ1v) is 6.47. The maximum atomic E-state index is 12.0. The highest BCUT2D eigenvalue weighted by Crippen LogP contribution is 2.21. The lowest BCUT2D eigenvalue weighted by Crippen LogP contribution is -2.13. The van der Waals surface area contributed by atoms with Crippen LogP contribution in [0.5, 0.6) is 5.75 Å². The second-order valence-corrected chi connectivity index (χ2v) is 4.82. The van der Waals surface area contributed by atoms with Gasteiger partial charge in [0.2, 0.25) is 0 Å². The average Bonchev–Trinajstić information content (AvgIpc) is 2.38. The molecule has 0 aliphatic heterocycles. The molecule has 0 spiro atoms.